The van der Waals surface area contributed by atoms with Gasteiger partial charge >= 0.3 is 6.03 Å². The smallest absolute Gasteiger partial charge is 0.321 e. The Kier molecular flexibility index (Phi) is 5.96. The number of rotatable bonds is 4. The van der Waals surface area contributed by atoms with Crippen LogP contribution in [0.15, 0.2) is 42.5 Å². The number of thiazole rings is 1. The molecule has 144 valence electrons. The van der Waals surface area contributed by atoms with Gasteiger partial charge in [-0.3, -0.25) is 10.1 Å². The highest BCUT2D eigenvalue weighted by atomic mass is 35.5. The summed E-state index contributed by atoms with van der Waals surface area (Å²) in [6.45, 7) is 5.61. The number of anilines is 3. The van der Waals surface area contributed by atoms with Gasteiger partial charge in [-0.25, -0.2) is 9.78 Å². The lowest BCUT2D eigenvalue weighted by Gasteiger charge is -2.10. The zero-order valence-electron chi connectivity index (χ0n) is 15.6. The van der Waals surface area contributed by atoms with Gasteiger partial charge < -0.3 is 10.6 Å². The maximum Gasteiger partial charge on any atom is 0.325 e. The molecule has 0 spiro atoms. The first kappa shape index (κ1) is 19.9. The van der Waals surface area contributed by atoms with Crippen molar-refractivity contribution in [2.24, 2.45) is 0 Å². The third kappa shape index (κ3) is 4.68. The first-order valence-electron chi connectivity index (χ1n) is 8.52. The van der Waals surface area contributed by atoms with Gasteiger partial charge in [-0.1, -0.05) is 47.2 Å². The molecule has 1 aromatic heterocycles. The fourth-order valence-electron chi connectivity index (χ4n) is 2.67. The molecule has 3 N–H and O–H groups in total. The molecule has 0 aliphatic heterocycles. The largest absolute Gasteiger partial charge is 0.325 e. The Morgan fingerprint density at radius 2 is 1.64 bits per heavy atom. The van der Waals surface area contributed by atoms with Crippen LogP contribution in [0.3, 0.4) is 0 Å². The molecule has 1 heterocycles. The molecule has 3 aromatic rings. The number of benzene rings is 2. The summed E-state index contributed by atoms with van der Waals surface area (Å²) in [5.41, 5.74) is 3.86. The average Bonchev–Trinajstić information content (AvgIpc) is 2.98. The van der Waals surface area contributed by atoms with E-state index in [9.17, 15) is 9.59 Å². The highest BCUT2D eigenvalue weighted by Crippen LogP contribution is 2.26. The van der Waals surface area contributed by atoms with Crippen molar-refractivity contribution >= 4 is 51.4 Å². The Morgan fingerprint density at radius 1 is 0.964 bits per heavy atom. The Hall–Kier alpha value is -2.90. The Labute approximate surface area is 172 Å². The molecule has 8 heteroatoms. The van der Waals surface area contributed by atoms with Crippen molar-refractivity contribution in [2.45, 2.75) is 20.8 Å². The molecule has 6 nitrogen and oxygen atoms in total. The van der Waals surface area contributed by atoms with E-state index in [-0.39, 0.29) is 5.91 Å². The number of halogens is 1. The van der Waals surface area contributed by atoms with E-state index in [0.29, 0.717) is 26.4 Å². The summed E-state index contributed by atoms with van der Waals surface area (Å²) in [6.07, 6.45) is 0. The average molecular weight is 415 g/mol. The van der Waals surface area contributed by atoms with Crippen molar-refractivity contribution in [1.82, 2.24) is 4.98 Å². The van der Waals surface area contributed by atoms with Gasteiger partial charge in [-0.15, -0.1) is 0 Å². The fraction of sp³-hybridized carbons (Fsp3) is 0.150. The monoisotopic (exact) mass is 414 g/mol. The van der Waals surface area contributed by atoms with Crippen molar-refractivity contribution < 1.29 is 9.59 Å². The number of hydrogen-bond donors (Lipinski definition) is 3. The molecule has 3 rings (SSSR count). The van der Waals surface area contributed by atoms with Crippen LogP contribution in [0.4, 0.5) is 21.3 Å². The zero-order valence-corrected chi connectivity index (χ0v) is 17.2. The van der Waals surface area contributed by atoms with Gasteiger partial charge in [0.2, 0.25) is 0 Å². The summed E-state index contributed by atoms with van der Waals surface area (Å²) < 4.78 is 0. The predicted octanol–water partition coefficient (Wildman–Crippen LogP) is 5.62. The minimum atomic E-state index is -0.460. The molecule has 0 radical (unpaired) electrons. The number of carbonyl (C=O) groups is 2. The molecule has 0 aliphatic rings. The molecule has 2 aromatic carbocycles. The molecule has 0 aliphatic carbocycles. The second kappa shape index (κ2) is 8.41. The van der Waals surface area contributed by atoms with Crippen molar-refractivity contribution in [3.8, 4) is 0 Å². The molecule has 0 saturated heterocycles. The van der Waals surface area contributed by atoms with Crippen molar-refractivity contribution in [1.29, 1.82) is 0 Å². The van der Waals surface area contributed by atoms with E-state index in [1.807, 2.05) is 32.0 Å². The standard InChI is InChI=1S/C20H19ClN4O2S/c1-11-6-4-7-12(2)16(11)24-18(26)17-13(3)22-20(28-17)25-19(27)23-15-9-5-8-14(21)10-15/h4-10H,1-3H3,(H,24,26)(H2,22,23,25,27). The first-order valence-corrected chi connectivity index (χ1v) is 9.71. The number of carbonyl (C=O) groups excluding carboxylic acids is 2. The molecule has 0 fully saturated rings. The van der Waals surface area contributed by atoms with E-state index in [1.54, 1.807) is 31.2 Å². The number of aryl methyl sites for hydroxylation is 3. The van der Waals surface area contributed by atoms with E-state index < -0.39 is 6.03 Å². The summed E-state index contributed by atoms with van der Waals surface area (Å²) in [7, 11) is 0. The molecule has 0 atom stereocenters. The number of para-hydroxylation sites is 1. The molecule has 28 heavy (non-hydrogen) atoms. The number of aromatic nitrogens is 1. The van der Waals surface area contributed by atoms with Crippen LogP contribution in [0.2, 0.25) is 5.02 Å². The summed E-state index contributed by atoms with van der Waals surface area (Å²) in [6, 6.07) is 12.2. The summed E-state index contributed by atoms with van der Waals surface area (Å²) >= 11 is 7.03. The van der Waals surface area contributed by atoms with Gasteiger partial charge in [0.15, 0.2) is 5.13 Å². The topological polar surface area (TPSA) is 83.1 Å². The second-order valence-electron chi connectivity index (χ2n) is 6.24. The number of amides is 3. The lowest BCUT2D eigenvalue weighted by Crippen LogP contribution is -2.19. The predicted molar refractivity (Wildman–Crippen MR) is 115 cm³/mol. The minimum Gasteiger partial charge on any atom is -0.321 e. The number of nitrogens with one attached hydrogen (secondary N) is 3. The highest BCUT2D eigenvalue weighted by Gasteiger charge is 2.18. The van der Waals surface area contributed by atoms with Gasteiger partial charge in [0, 0.05) is 16.4 Å². The number of hydrogen-bond acceptors (Lipinski definition) is 4. The Bertz CT molecular complexity index is 1030. The van der Waals surface area contributed by atoms with Gasteiger partial charge in [0.25, 0.3) is 5.91 Å². The third-order valence-electron chi connectivity index (χ3n) is 4.03. The maximum absolute atomic E-state index is 12.7. The summed E-state index contributed by atoms with van der Waals surface area (Å²) in [5.74, 6) is -0.254. The summed E-state index contributed by atoms with van der Waals surface area (Å²) in [4.78, 5) is 29.6. The van der Waals surface area contributed by atoms with E-state index >= 15 is 0 Å². The third-order valence-corrected chi connectivity index (χ3v) is 5.33. The number of nitrogens with zero attached hydrogens (tertiary/aromatic N) is 1. The van der Waals surface area contributed by atoms with E-state index in [2.05, 4.69) is 20.9 Å². The quantitative estimate of drug-likeness (QED) is 0.518. The van der Waals surface area contributed by atoms with E-state index in [1.165, 1.54) is 0 Å². The Balaban J connectivity index is 1.70. The van der Waals surface area contributed by atoms with Crippen LogP contribution in [0, 0.1) is 20.8 Å². The SMILES string of the molecule is Cc1cccc(C)c1NC(=O)c1sc(NC(=O)Nc2cccc(Cl)c2)nc1C. The van der Waals surface area contributed by atoms with E-state index in [0.717, 1.165) is 28.2 Å². The van der Waals surface area contributed by atoms with Gasteiger partial charge in [0.05, 0.1) is 5.69 Å². The molecule has 0 unspecified atom stereocenters. The minimum absolute atomic E-state index is 0.254. The fourth-order valence-corrected chi connectivity index (χ4v) is 3.72. The second-order valence-corrected chi connectivity index (χ2v) is 7.68. The molecular weight excluding hydrogens is 396 g/mol. The first-order chi connectivity index (χ1) is 13.3. The van der Waals surface area contributed by atoms with Gasteiger partial charge in [-0.2, -0.15) is 0 Å². The Morgan fingerprint density at radius 3 is 2.32 bits per heavy atom. The highest BCUT2D eigenvalue weighted by molar-refractivity contribution is 7.17. The molecule has 3 amide bonds. The van der Waals surface area contributed by atoms with Gasteiger partial charge in [-0.05, 0) is 50.1 Å². The van der Waals surface area contributed by atoms with Gasteiger partial charge in [0.1, 0.15) is 4.88 Å². The van der Waals surface area contributed by atoms with Crippen LogP contribution in [0.25, 0.3) is 0 Å². The van der Waals surface area contributed by atoms with Crippen LogP contribution in [0.1, 0.15) is 26.5 Å². The van der Waals surface area contributed by atoms with Crippen molar-refractivity contribution in [3.05, 3.63) is 69.2 Å². The van der Waals surface area contributed by atoms with Crippen LogP contribution < -0.4 is 16.0 Å². The lowest BCUT2D eigenvalue weighted by molar-refractivity contribution is 0.102. The normalized spacial score (nSPS) is 10.4. The zero-order chi connectivity index (χ0) is 20.3. The molecular formula is C20H19ClN4O2S. The maximum atomic E-state index is 12.7. The van der Waals surface area contributed by atoms with Crippen LogP contribution in [0.5, 0.6) is 0 Å². The lowest BCUT2D eigenvalue weighted by atomic mass is 10.1. The van der Waals surface area contributed by atoms with E-state index in [4.69, 9.17) is 11.6 Å². The van der Waals surface area contributed by atoms with Crippen molar-refractivity contribution in [2.75, 3.05) is 16.0 Å². The molecule has 0 saturated carbocycles. The number of urea groups is 1. The van der Waals surface area contributed by atoms with Crippen molar-refractivity contribution in [3.63, 3.8) is 0 Å². The van der Waals surface area contributed by atoms with Crippen LogP contribution in [-0.4, -0.2) is 16.9 Å². The van der Waals surface area contributed by atoms with Crippen LogP contribution >= 0.6 is 22.9 Å². The molecule has 0 bridgehead atoms. The summed E-state index contributed by atoms with van der Waals surface area (Å²) in [5, 5.41) is 9.12. The van der Waals surface area contributed by atoms with Crippen LogP contribution in [-0.2, 0) is 0 Å².